The van der Waals surface area contributed by atoms with E-state index in [0.29, 0.717) is 5.92 Å². The zero-order valence-electron chi connectivity index (χ0n) is 18.2. The van der Waals surface area contributed by atoms with Crippen LogP contribution in [0.25, 0.3) is 0 Å². The summed E-state index contributed by atoms with van der Waals surface area (Å²) < 4.78 is 13.6. The fourth-order valence-electron chi connectivity index (χ4n) is 5.98. The van der Waals surface area contributed by atoms with Gasteiger partial charge in [-0.15, -0.1) is 0 Å². The lowest BCUT2D eigenvalue weighted by atomic mass is 9.59. The highest BCUT2D eigenvalue weighted by atomic mass is 16.6. The van der Waals surface area contributed by atoms with Crippen LogP contribution in [0.2, 0.25) is 0 Å². The molecule has 3 aliphatic heterocycles. The van der Waals surface area contributed by atoms with Gasteiger partial charge < -0.3 is 14.4 Å². The third-order valence-electron chi connectivity index (χ3n) is 7.76. The molecule has 3 saturated heterocycles. The highest BCUT2D eigenvalue weighted by molar-refractivity contribution is 5.22. The molecule has 156 valence electrons. The van der Waals surface area contributed by atoms with Gasteiger partial charge in [-0.3, -0.25) is 0 Å². The molecule has 1 saturated carbocycles. The van der Waals surface area contributed by atoms with E-state index in [-0.39, 0.29) is 16.8 Å². The first-order valence-electron chi connectivity index (χ1n) is 11.5. The van der Waals surface area contributed by atoms with Gasteiger partial charge in [-0.1, -0.05) is 36.8 Å². The Balaban J connectivity index is 1.46. The Labute approximate surface area is 171 Å². The first-order chi connectivity index (χ1) is 13.4. The van der Waals surface area contributed by atoms with Crippen molar-refractivity contribution >= 4 is 0 Å². The average Bonchev–Trinajstić information content (AvgIpc) is 2.68. The molecule has 3 heterocycles. The maximum absolute atomic E-state index is 6.84. The summed E-state index contributed by atoms with van der Waals surface area (Å²) in [6.45, 7) is 11.4. The topological polar surface area (TPSA) is 21.7 Å². The lowest BCUT2D eigenvalue weighted by Crippen LogP contribution is -2.69. The molecule has 3 nitrogen and oxygen atoms in total. The summed E-state index contributed by atoms with van der Waals surface area (Å²) in [6, 6.07) is 10.9. The number of ether oxygens (including phenoxy) is 2. The number of hydrogen-bond donors (Lipinski definition) is 0. The molecule has 1 aromatic carbocycles. The van der Waals surface area contributed by atoms with Gasteiger partial charge in [0.2, 0.25) is 0 Å². The van der Waals surface area contributed by atoms with Gasteiger partial charge in [0.15, 0.2) is 0 Å². The van der Waals surface area contributed by atoms with Crippen LogP contribution >= 0.6 is 0 Å². The lowest BCUT2D eigenvalue weighted by molar-refractivity contribution is -0.325. The molecule has 28 heavy (non-hydrogen) atoms. The molecule has 3 unspecified atom stereocenters. The Morgan fingerprint density at radius 2 is 1.82 bits per heavy atom. The van der Waals surface area contributed by atoms with Gasteiger partial charge in [-0.2, -0.15) is 0 Å². The fraction of sp³-hybridized carbons (Fsp3) is 0.760. The molecule has 5 rings (SSSR count). The van der Waals surface area contributed by atoms with Crippen LogP contribution in [-0.4, -0.2) is 47.9 Å². The van der Waals surface area contributed by atoms with Crippen molar-refractivity contribution in [2.24, 2.45) is 5.92 Å². The third kappa shape index (κ3) is 4.04. The zero-order valence-corrected chi connectivity index (χ0v) is 18.2. The minimum atomic E-state index is -0.202. The van der Waals surface area contributed by atoms with Crippen LogP contribution < -0.4 is 0 Å². The van der Waals surface area contributed by atoms with E-state index < -0.39 is 0 Å². The lowest BCUT2D eigenvalue weighted by Gasteiger charge is -2.63. The van der Waals surface area contributed by atoms with Crippen LogP contribution in [0.4, 0.5) is 0 Å². The van der Waals surface area contributed by atoms with Crippen molar-refractivity contribution in [3.8, 4) is 0 Å². The summed E-state index contributed by atoms with van der Waals surface area (Å²) in [7, 11) is 0. The van der Waals surface area contributed by atoms with E-state index >= 15 is 0 Å². The Bertz CT molecular complexity index is 639. The third-order valence-corrected chi connectivity index (χ3v) is 7.76. The SMILES string of the molecule is CC1(C)OC2(C)CCC1CC2(Cc1ccccc1)OCCCN1CCCCC1. The highest BCUT2D eigenvalue weighted by Gasteiger charge is 2.62. The number of piperidine rings is 1. The summed E-state index contributed by atoms with van der Waals surface area (Å²) in [6.07, 6.45) is 9.71. The van der Waals surface area contributed by atoms with Crippen molar-refractivity contribution in [2.45, 2.75) is 88.9 Å². The second-order valence-corrected chi connectivity index (χ2v) is 10.1. The normalized spacial score (nSPS) is 35.2. The molecular formula is C25H39NO2. The van der Waals surface area contributed by atoms with Gasteiger partial charge in [0, 0.05) is 19.6 Å². The van der Waals surface area contributed by atoms with Gasteiger partial charge in [0.25, 0.3) is 0 Å². The van der Waals surface area contributed by atoms with Gasteiger partial charge in [-0.05, 0) is 83.9 Å². The minimum Gasteiger partial charge on any atom is -0.372 e. The van der Waals surface area contributed by atoms with Gasteiger partial charge >= 0.3 is 0 Å². The number of fused-ring (bicyclic) bond motifs is 3. The van der Waals surface area contributed by atoms with Crippen LogP contribution in [0.1, 0.15) is 71.3 Å². The molecule has 0 radical (unpaired) electrons. The van der Waals surface area contributed by atoms with Crippen LogP contribution in [0.15, 0.2) is 30.3 Å². The van der Waals surface area contributed by atoms with Crippen molar-refractivity contribution < 1.29 is 9.47 Å². The number of benzene rings is 1. The Hall–Kier alpha value is -0.900. The molecule has 0 spiro atoms. The first kappa shape index (κ1) is 20.4. The molecule has 1 aromatic rings. The van der Waals surface area contributed by atoms with Gasteiger partial charge in [0.05, 0.1) is 11.2 Å². The van der Waals surface area contributed by atoms with Crippen LogP contribution in [0.5, 0.6) is 0 Å². The molecule has 2 bridgehead atoms. The van der Waals surface area contributed by atoms with Gasteiger partial charge in [0.1, 0.15) is 5.60 Å². The quantitative estimate of drug-likeness (QED) is 0.600. The fourth-order valence-corrected chi connectivity index (χ4v) is 5.98. The second-order valence-electron chi connectivity index (χ2n) is 10.1. The molecule has 1 aliphatic carbocycles. The molecule has 4 fully saturated rings. The standard InChI is InChI=1S/C25H39NO2/c1-23(2)22-13-14-24(3,28-23)25(20-22,19-21-11-6-4-7-12-21)27-18-10-17-26-15-8-5-9-16-26/h4,6-7,11-12,22H,5,8-10,13-20H2,1-3H3. The summed E-state index contributed by atoms with van der Waals surface area (Å²) in [4.78, 5) is 2.62. The van der Waals surface area contributed by atoms with E-state index in [9.17, 15) is 0 Å². The molecule has 0 amide bonds. The van der Waals surface area contributed by atoms with Crippen LogP contribution in [0, 0.1) is 5.92 Å². The van der Waals surface area contributed by atoms with Crippen LogP contribution in [0.3, 0.4) is 0 Å². The molecule has 4 aliphatic rings. The van der Waals surface area contributed by atoms with E-state index in [1.807, 2.05) is 0 Å². The van der Waals surface area contributed by atoms with E-state index in [2.05, 4.69) is 56.0 Å². The number of nitrogens with zero attached hydrogens (tertiary/aromatic N) is 1. The molecule has 0 aromatic heterocycles. The van der Waals surface area contributed by atoms with Gasteiger partial charge in [-0.25, -0.2) is 0 Å². The Morgan fingerprint density at radius 1 is 1.07 bits per heavy atom. The van der Waals surface area contributed by atoms with Crippen molar-refractivity contribution in [2.75, 3.05) is 26.2 Å². The number of rotatable bonds is 7. The summed E-state index contributed by atoms with van der Waals surface area (Å²) in [5.41, 5.74) is 0.930. The van der Waals surface area contributed by atoms with Crippen molar-refractivity contribution in [3.05, 3.63) is 35.9 Å². The highest BCUT2D eigenvalue weighted by Crippen LogP contribution is 2.57. The second kappa shape index (κ2) is 8.08. The number of hydrogen-bond acceptors (Lipinski definition) is 3. The predicted molar refractivity (Wildman–Crippen MR) is 115 cm³/mol. The van der Waals surface area contributed by atoms with E-state index in [1.54, 1.807) is 0 Å². The largest absolute Gasteiger partial charge is 0.372 e. The maximum atomic E-state index is 6.84. The smallest absolute Gasteiger partial charge is 0.101 e. The van der Waals surface area contributed by atoms with E-state index in [1.165, 1.54) is 50.9 Å². The van der Waals surface area contributed by atoms with Crippen LogP contribution in [-0.2, 0) is 15.9 Å². The Morgan fingerprint density at radius 3 is 2.50 bits per heavy atom. The first-order valence-corrected chi connectivity index (χ1v) is 11.5. The van der Waals surface area contributed by atoms with Crippen molar-refractivity contribution in [1.82, 2.24) is 4.90 Å². The summed E-state index contributed by atoms with van der Waals surface area (Å²) in [5, 5.41) is 0. The van der Waals surface area contributed by atoms with E-state index in [0.717, 1.165) is 32.3 Å². The molecular weight excluding hydrogens is 346 g/mol. The van der Waals surface area contributed by atoms with Crippen molar-refractivity contribution in [1.29, 1.82) is 0 Å². The van der Waals surface area contributed by atoms with E-state index in [4.69, 9.17) is 9.47 Å². The average molecular weight is 386 g/mol. The maximum Gasteiger partial charge on any atom is 0.101 e. The molecule has 3 heteroatoms. The monoisotopic (exact) mass is 385 g/mol. The zero-order chi connectivity index (χ0) is 19.7. The molecule has 3 atom stereocenters. The number of likely N-dealkylation sites (tertiary alicyclic amines) is 1. The predicted octanol–water partition coefficient (Wildman–Crippen LogP) is 5.23. The molecule has 0 N–H and O–H groups in total. The Kier molecular flexibility index (Phi) is 5.88. The van der Waals surface area contributed by atoms with Crippen molar-refractivity contribution in [3.63, 3.8) is 0 Å². The summed E-state index contributed by atoms with van der Waals surface area (Å²) in [5.74, 6) is 0.583. The minimum absolute atomic E-state index is 0.0374. The summed E-state index contributed by atoms with van der Waals surface area (Å²) >= 11 is 0.